The first-order valence-electron chi connectivity index (χ1n) is 10.5. The summed E-state index contributed by atoms with van der Waals surface area (Å²) in [6.07, 6.45) is -4.04. The van der Waals surface area contributed by atoms with E-state index in [4.69, 9.17) is 0 Å². The molecular weight excluding hydrogens is 439 g/mol. The van der Waals surface area contributed by atoms with Crippen LogP contribution in [0.25, 0.3) is 5.69 Å². The highest BCUT2D eigenvalue weighted by Gasteiger charge is 2.34. The molecule has 0 atom stereocenters. The van der Waals surface area contributed by atoms with Crippen molar-refractivity contribution >= 4 is 11.8 Å². The van der Waals surface area contributed by atoms with Crippen LogP contribution in [-0.2, 0) is 11.0 Å². The predicted octanol–water partition coefficient (Wildman–Crippen LogP) is 1.80. The van der Waals surface area contributed by atoms with Gasteiger partial charge in [-0.15, -0.1) is 0 Å². The molecule has 2 heterocycles. The minimum absolute atomic E-state index is 0.0545. The lowest BCUT2D eigenvalue weighted by atomic mass is 10.1. The number of aromatic nitrogens is 2. The van der Waals surface area contributed by atoms with Crippen molar-refractivity contribution in [3.05, 3.63) is 57.5 Å². The van der Waals surface area contributed by atoms with Crippen molar-refractivity contribution in [2.75, 3.05) is 46.8 Å². The number of alkyl halides is 3. The van der Waals surface area contributed by atoms with Crippen molar-refractivity contribution in [2.45, 2.75) is 19.5 Å². The Morgan fingerprint density at radius 1 is 1.09 bits per heavy atom. The van der Waals surface area contributed by atoms with Crippen LogP contribution in [0.4, 0.5) is 13.2 Å². The summed E-state index contributed by atoms with van der Waals surface area (Å²) >= 11 is 0. The van der Waals surface area contributed by atoms with E-state index < -0.39 is 28.8 Å². The highest BCUT2D eigenvalue weighted by molar-refractivity contribution is 5.92. The zero-order chi connectivity index (χ0) is 24.3. The van der Waals surface area contributed by atoms with E-state index in [1.165, 1.54) is 34.9 Å². The molecule has 0 radical (unpaired) electrons. The van der Waals surface area contributed by atoms with Gasteiger partial charge in [0.15, 0.2) is 5.69 Å². The minimum Gasteiger partial charge on any atom is -0.348 e. The first-order chi connectivity index (χ1) is 15.5. The molecule has 33 heavy (non-hydrogen) atoms. The van der Waals surface area contributed by atoms with Crippen molar-refractivity contribution < 1.29 is 22.8 Å². The molecule has 0 N–H and O–H groups in total. The fourth-order valence-electron chi connectivity index (χ4n) is 3.65. The van der Waals surface area contributed by atoms with Crippen molar-refractivity contribution in [3.63, 3.8) is 0 Å². The maximum Gasteiger partial charge on any atom is 0.418 e. The standard InChI is InChI=1S/C22H26F3N5O3/c1-15-13-18(31)20(26-30(15)17-8-5-4-7-16(17)22(23,24)25)21(33)29-10-6-9-28(11-12-29)14-19(32)27(2)3/h4-5,7-8,13H,6,9-12,14H2,1-3H3. The quantitative estimate of drug-likeness (QED) is 0.688. The molecule has 0 spiro atoms. The molecule has 1 aliphatic rings. The minimum atomic E-state index is -4.63. The van der Waals surface area contributed by atoms with Crippen LogP contribution in [0, 0.1) is 6.92 Å². The number of benzene rings is 1. The summed E-state index contributed by atoms with van der Waals surface area (Å²) in [5.74, 6) is -0.694. The number of hydrogen-bond donors (Lipinski definition) is 0. The molecule has 1 saturated heterocycles. The number of likely N-dealkylation sites (N-methyl/N-ethyl adjacent to an activating group) is 1. The molecule has 3 rings (SSSR count). The van der Waals surface area contributed by atoms with Gasteiger partial charge >= 0.3 is 6.18 Å². The monoisotopic (exact) mass is 465 g/mol. The van der Waals surface area contributed by atoms with Crippen molar-refractivity contribution in [3.8, 4) is 5.69 Å². The van der Waals surface area contributed by atoms with Crippen LogP contribution < -0.4 is 5.43 Å². The lowest BCUT2D eigenvalue weighted by Crippen LogP contribution is -2.41. The molecule has 2 amide bonds. The molecular formula is C22H26F3N5O3. The van der Waals surface area contributed by atoms with Gasteiger partial charge in [0.1, 0.15) is 0 Å². The summed E-state index contributed by atoms with van der Waals surface area (Å²) in [5, 5.41) is 4.05. The lowest BCUT2D eigenvalue weighted by molar-refractivity contribution is -0.137. The summed E-state index contributed by atoms with van der Waals surface area (Å²) in [6.45, 7) is 3.34. The Kier molecular flexibility index (Phi) is 7.21. The number of carbonyl (C=O) groups excluding carboxylic acids is 2. The van der Waals surface area contributed by atoms with Gasteiger partial charge in [-0.05, 0) is 25.5 Å². The maximum absolute atomic E-state index is 13.5. The maximum atomic E-state index is 13.5. The van der Waals surface area contributed by atoms with Gasteiger partial charge in [-0.1, -0.05) is 12.1 Å². The second-order valence-electron chi connectivity index (χ2n) is 8.14. The average Bonchev–Trinajstić information content (AvgIpc) is 2.98. The van der Waals surface area contributed by atoms with Crippen LogP contribution in [0.3, 0.4) is 0 Å². The highest BCUT2D eigenvalue weighted by atomic mass is 19.4. The van der Waals surface area contributed by atoms with E-state index in [9.17, 15) is 27.6 Å². The Balaban J connectivity index is 1.89. The number of amides is 2. The average molecular weight is 465 g/mol. The zero-order valence-corrected chi connectivity index (χ0v) is 18.7. The molecule has 1 aromatic heterocycles. The van der Waals surface area contributed by atoms with Gasteiger partial charge in [0.05, 0.1) is 17.8 Å². The van der Waals surface area contributed by atoms with E-state index in [1.807, 2.05) is 4.90 Å². The Hall–Kier alpha value is -3.21. The number of aryl methyl sites for hydroxylation is 1. The van der Waals surface area contributed by atoms with Crippen molar-refractivity contribution in [2.24, 2.45) is 0 Å². The molecule has 1 fully saturated rings. The van der Waals surface area contributed by atoms with E-state index in [1.54, 1.807) is 14.1 Å². The molecule has 0 bridgehead atoms. The number of hydrogen-bond acceptors (Lipinski definition) is 5. The molecule has 11 heteroatoms. The van der Waals surface area contributed by atoms with Crippen LogP contribution in [0.15, 0.2) is 35.1 Å². The van der Waals surface area contributed by atoms with Gasteiger partial charge in [-0.2, -0.15) is 18.3 Å². The third kappa shape index (κ3) is 5.59. The SMILES string of the molecule is Cc1cc(=O)c(C(=O)N2CCCN(CC(=O)N(C)C)CC2)nn1-c1ccccc1C(F)(F)F. The largest absolute Gasteiger partial charge is 0.418 e. The summed E-state index contributed by atoms with van der Waals surface area (Å²) in [7, 11) is 3.34. The van der Waals surface area contributed by atoms with Crippen molar-refractivity contribution in [1.82, 2.24) is 24.5 Å². The molecule has 0 unspecified atom stereocenters. The second kappa shape index (κ2) is 9.74. The Morgan fingerprint density at radius 3 is 2.45 bits per heavy atom. The number of rotatable bonds is 4. The molecule has 1 aliphatic heterocycles. The number of nitrogens with zero attached hydrogens (tertiary/aromatic N) is 5. The number of carbonyl (C=O) groups is 2. The van der Waals surface area contributed by atoms with E-state index in [0.29, 0.717) is 26.1 Å². The van der Waals surface area contributed by atoms with Gasteiger partial charge in [0, 0.05) is 52.0 Å². The van der Waals surface area contributed by atoms with Gasteiger partial charge in [-0.25, -0.2) is 4.68 Å². The number of para-hydroxylation sites is 1. The fourth-order valence-corrected chi connectivity index (χ4v) is 3.65. The normalized spacial score (nSPS) is 15.3. The third-order valence-corrected chi connectivity index (χ3v) is 5.48. The van der Waals surface area contributed by atoms with Crippen molar-refractivity contribution in [1.29, 1.82) is 0 Å². The summed E-state index contributed by atoms with van der Waals surface area (Å²) in [5.41, 5.74) is -2.09. The highest BCUT2D eigenvalue weighted by Crippen LogP contribution is 2.33. The molecule has 0 saturated carbocycles. The first-order valence-corrected chi connectivity index (χ1v) is 10.5. The van der Waals surface area contributed by atoms with E-state index >= 15 is 0 Å². The summed E-state index contributed by atoms with van der Waals surface area (Å²) in [6, 6.07) is 5.98. The lowest BCUT2D eigenvalue weighted by Gasteiger charge is -2.23. The summed E-state index contributed by atoms with van der Waals surface area (Å²) < 4.78 is 41.5. The topological polar surface area (TPSA) is 78.8 Å². The van der Waals surface area contributed by atoms with E-state index in [-0.39, 0.29) is 30.4 Å². The van der Waals surface area contributed by atoms with E-state index in [0.717, 1.165) is 16.8 Å². The summed E-state index contributed by atoms with van der Waals surface area (Å²) in [4.78, 5) is 42.5. The molecule has 8 nitrogen and oxygen atoms in total. The molecule has 178 valence electrons. The van der Waals surface area contributed by atoms with Crippen LogP contribution in [-0.4, -0.2) is 83.1 Å². The third-order valence-electron chi connectivity index (χ3n) is 5.48. The van der Waals surface area contributed by atoms with Crippen LogP contribution in [0.5, 0.6) is 0 Å². The Morgan fingerprint density at radius 2 is 1.79 bits per heavy atom. The molecule has 1 aromatic carbocycles. The zero-order valence-electron chi connectivity index (χ0n) is 18.7. The van der Waals surface area contributed by atoms with Gasteiger partial charge in [-0.3, -0.25) is 19.3 Å². The molecule has 2 aromatic rings. The predicted molar refractivity (Wildman–Crippen MR) is 115 cm³/mol. The fraction of sp³-hybridized carbons (Fsp3) is 0.455. The Labute approximate surface area is 189 Å². The Bertz CT molecular complexity index is 1100. The van der Waals surface area contributed by atoms with Crippen LogP contribution in [0.1, 0.15) is 28.2 Å². The first kappa shape index (κ1) is 24.4. The van der Waals surface area contributed by atoms with Gasteiger partial charge in [0.25, 0.3) is 5.91 Å². The van der Waals surface area contributed by atoms with Crippen LogP contribution in [0.2, 0.25) is 0 Å². The smallest absolute Gasteiger partial charge is 0.348 e. The number of halogens is 3. The van der Waals surface area contributed by atoms with E-state index in [2.05, 4.69) is 5.10 Å². The second-order valence-corrected chi connectivity index (χ2v) is 8.14. The van der Waals surface area contributed by atoms with Gasteiger partial charge in [0.2, 0.25) is 11.3 Å². The van der Waals surface area contributed by atoms with Gasteiger partial charge < -0.3 is 9.80 Å². The van der Waals surface area contributed by atoms with Crippen LogP contribution >= 0.6 is 0 Å². The molecule has 0 aliphatic carbocycles.